The van der Waals surface area contributed by atoms with Crippen molar-refractivity contribution in [2.75, 3.05) is 38.3 Å². The number of rotatable bonds is 11. The Hall–Kier alpha value is -3.23. The van der Waals surface area contributed by atoms with Gasteiger partial charge in [-0.2, -0.15) is 5.53 Å². The number of carbonyl (C=O) groups is 5. The normalized spacial score (nSPS) is 18.0. The molecule has 1 aromatic rings. The van der Waals surface area contributed by atoms with Crippen molar-refractivity contribution in [1.82, 2.24) is 21.2 Å². The summed E-state index contributed by atoms with van der Waals surface area (Å²) in [5, 5.41) is 4.70. The van der Waals surface area contributed by atoms with E-state index in [9.17, 15) is 24.0 Å². The van der Waals surface area contributed by atoms with Crippen molar-refractivity contribution < 1.29 is 33.4 Å². The van der Waals surface area contributed by atoms with Crippen molar-refractivity contribution >= 4 is 35.2 Å². The fraction of sp³-hybridized carbons (Fsp3) is 0.421. The zero-order chi connectivity index (χ0) is 23.1. The first-order chi connectivity index (χ1) is 15.4. The number of hydrazine groups is 2. The van der Waals surface area contributed by atoms with Gasteiger partial charge in [0.1, 0.15) is 12.6 Å². The molecule has 2 aliphatic rings. The molecular weight excluding hydrogens is 424 g/mol. The van der Waals surface area contributed by atoms with E-state index in [-0.39, 0.29) is 49.5 Å². The monoisotopic (exact) mass is 448 g/mol. The van der Waals surface area contributed by atoms with Gasteiger partial charge in [-0.15, -0.1) is 0 Å². The molecule has 1 atom stereocenters. The molecule has 2 heterocycles. The number of nitrogens with two attached hydrogens (primary N) is 1. The first kappa shape index (κ1) is 23.4. The molecule has 32 heavy (non-hydrogen) atoms. The highest BCUT2D eigenvalue weighted by molar-refractivity contribution is 6.26. The van der Waals surface area contributed by atoms with Crippen LogP contribution in [0.1, 0.15) is 33.6 Å². The predicted octanol–water partition coefficient (Wildman–Crippen LogP) is -1.97. The van der Waals surface area contributed by atoms with Gasteiger partial charge < -0.3 is 14.8 Å². The summed E-state index contributed by atoms with van der Waals surface area (Å²) in [6, 6.07) is 3.37. The molecule has 6 N–H and O–H groups in total. The Bertz CT molecular complexity index is 921. The second-order valence-corrected chi connectivity index (χ2v) is 6.96. The molecule has 1 saturated heterocycles. The predicted molar refractivity (Wildman–Crippen MR) is 109 cm³/mol. The molecule has 13 nitrogen and oxygen atoms in total. The van der Waals surface area contributed by atoms with E-state index < -0.39 is 35.6 Å². The van der Waals surface area contributed by atoms with Gasteiger partial charge in [0.15, 0.2) is 0 Å². The summed E-state index contributed by atoms with van der Waals surface area (Å²) in [6.07, 6.45) is 0.0708. The highest BCUT2D eigenvalue weighted by atomic mass is 16.5. The largest absolute Gasteiger partial charge is 0.378 e. The second-order valence-electron chi connectivity index (χ2n) is 6.96. The zero-order valence-corrected chi connectivity index (χ0v) is 17.1. The van der Waals surface area contributed by atoms with Crippen molar-refractivity contribution in [3.63, 3.8) is 0 Å². The van der Waals surface area contributed by atoms with Crippen molar-refractivity contribution in [2.24, 2.45) is 5.84 Å². The van der Waals surface area contributed by atoms with Gasteiger partial charge in [-0.1, -0.05) is 6.07 Å². The lowest BCUT2D eigenvalue weighted by atomic mass is 10.0. The number of benzene rings is 1. The lowest BCUT2D eigenvalue weighted by Crippen LogP contribution is -2.54. The molecular formula is C19H24N6O7. The molecule has 0 aromatic heterocycles. The van der Waals surface area contributed by atoms with Crippen LogP contribution in [0.3, 0.4) is 0 Å². The first-order valence-corrected chi connectivity index (χ1v) is 9.92. The van der Waals surface area contributed by atoms with Crippen LogP contribution in [0.5, 0.6) is 0 Å². The van der Waals surface area contributed by atoms with E-state index in [1.54, 1.807) is 0 Å². The summed E-state index contributed by atoms with van der Waals surface area (Å²) in [4.78, 5) is 62.3. The maximum Gasteiger partial charge on any atom is 0.264 e. The minimum absolute atomic E-state index is 0.0000958. The van der Waals surface area contributed by atoms with Crippen molar-refractivity contribution in [3.8, 4) is 0 Å². The maximum absolute atomic E-state index is 13.0. The van der Waals surface area contributed by atoms with Crippen molar-refractivity contribution in [2.45, 2.75) is 18.9 Å². The fourth-order valence-corrected chi connectivity index (χ4v) is 3.39. The molecule has 1 aromatic carbocycles. The summed E-state index contributed by atoms with van der Waals surface area (Å²) in [6.45, 7) is 1.06. The molecule has 0 spiro atoms. The van der Waals surface area contributed by atoms with Gasteiger partial charge in [0.05, 0.1) is 36.6 Å². The fourth-order valence-electron chi connectivity index (χ4n) is 3.39. The van der Waals surface area contributed by atoms with Crippen molar-refractivity contribution in [1.29, 1.82) is 0 Å². The molecule has 1 unspecified atom stereocenters. The third-order valence-electron chi connectivity index (χ3n) is 4.82. The van der Waals surface area contributed by atoms with Crippen LogP contribution < -0.4 is 27.4 Å². The zero-order valence-electron chi connectivity index (χ0n) is 17.1. The molecule has 172 valence electrons. The number of imide groups is 2. The Morgan fingerprint density at radius 2 is 1.91 bits per heavy atom. The highest BCUT2D eigenvalue weighted by Gasteiger charge is 2.45. The van der Waals surface area contributed by atoms with Gasteiger partial charge in [-0.3, -0.25) is 40.0 Å². The number of amides is 5. The van der Waals surface area contributed by atoms with Crippen LogP contribution in [0.15, 0.2) is 18.2 Å². The SMILES string of the molecule is NNNCCOCCOCC(=O)Nc1cccc2c1C(=O)N(C1CCC(=O)NC1=O)C2=O. The van der Waals surface area contributed by atoms with Crippen LogP contribution in [0, 0.1) is 0 Å². The quantitative estimate of drug-likeness (QED) is 0.110. The molecule has 13 heteroatoms. The maximum atomic E-state index is 13.0. The van der Waals surface area contributed by atoms with Gasteiger partial charge in [-0.05, 0) is 18.6 Å². The van der Waals surface area contributed by atoms with E-state index in [1.165, 1.54) is 18.2 Å². The van der Waals surface area contributed by atoms with Gasteiger partial charge in [0, 0.05) is 13.0 Å². The third-order valence-corrected chi connectivity index (χ3v) is 4.82. The number of ether oxygens (including phenoxy) is 2. The average Bonchev–Trinajstić information content (AvgIpc) is 3.01. The number of carbonyl (C=O) groups excluding carboxylic acids is 5. The Kier molecular flexibility index (Phi) is 7.97. The van der Waals surface area contributed by atoms with Crippen LogP contribution in [-0.2, 0) is 23.9 Å². The number of fused-ring (bicyclic) bond motifs is 1. The molecule has 1 fully saturated rings. The third kappa shape index (κ3) is 5.33. The minimum atomic E-state index is -1.08. The van der Waals surface area contributed by atoms with Crippen LogP contribution >= 0.6 is 0 Å². The van der Waals surface area contributed by atoms with Crippen LogP contribution in [0.25, 0.3) is 0 Å². The van der Waals surface area contributed by atoms with Crippen LogP contribution in [0.4, 0.5) is 5.69 Å². The van der Waals surface area contributed by atoms with Crippen LogP contribution in [-0.4, -0.2) is 73.4 Å². The summed E-state index contributed by atoms with van der Waals surface area (Å²) < 4.78 is 10.5. The lowest BCUT2D eigenvalue weighted by Gasteiger charge is -2.27. The highest BCUT2D eigenvalue weighted by Crippen LogP contribution is 2.32. The second kappa shape index (κ2) is 10.9. The number of nitrogens with zero attached hydrogens (tertiary/aromatic N) is 1. The Morgan fingerprint density at radius 1 is 1.12 bits per heavy atom. The van der Waals surface area contributed by atoms with Gasteiger partial charge in [0.2, 0.25) is 17.7 Å². The minimum Gasteiger partial charge on any atom is -0.378 e. The topological polar surface area (TPSA) is 181 Å². The first-order valence-electron chi connectivity index (χ1n) is 9.92. The van der Waals surface area contributed by atoms with E-state index in [4.69, 9.17) is 15.3 Å². The number of nitrogens with one attached hydrogen (secondary N) is 4. The average molecular weight is 448 g/mol. The smallest absolute Gasteiger partial charge is 0.264 e. The Balaban J connectivity index is 1.57. The molecule has 0 bridgehead atoms. The molecule has 2 aliphatic heterocycles. The Labute approximate surface area is 182 Å². The standard InChI is InChI=1S/C19H24N6O7/c20-24-21-6-7-31-8-9-32-10-15(27)22-12-3-1-2-11-16(12)19(30)25(18(11)29)13-4-5-14(26)23-17(13)28/h1-3,13,21,24H,4-10,20H2,(H,22,27)(H,23,26,28). The summed E-state index contributed by atoms with van der Waals surface area (Å²) in [7, 11) is 0. The molecule has 0 saturated carbocycles. The van der Waals surface area contributed by atoms with Gasteiger partial charge >= 0.3 is 0 Å². The molecule has 3 rings (SSSR count). The van der Waals surface area contributed by atoms with E-state index in [0.29, 0.717) is 13.2 Å². The molecule has 5 amide bonds. The summed E-state index contributed by atoms with van der Waals surface area (Å²) >= 11 is 0. The van der Waals surface area contributed by atoms with E-state index in [1.807, 2.05) is 0 Å². The van der Waals surface area contributed by atoms with Gasteiger partial charge in [-0.25, -0.2) is 5.43 Å². The number of anilines is 1. The molecule has 0 radical (unpaired) electrons. The number of hydrogen-bond donors (Lipinski definition) is 5. The van der Waals surface area contributed by atoms with Crippen molar-refractivity contribution in [3.05, 3.63) is 29.3 Å². The lowest BCUT2D eigenvalue weighted by molar-refractivity contribution is -0.136. The summed E-state index contributed by atoms with van der Waals surface area (Å²) in [5.74, 6) is 2.01. The van der Waals surface area contributed by atoms with Crippen LogP contribution in [0.2, 0.25) is 0 Å². The number of piperidine rings is 1. The van der Waals surface area contributed by atoms with E-state index in [2.05, 4.69) is 21.6 Å². The summed E-state index contributed by atoms with van der Waals surface area (Å²) in [5.41, 5.74) is 5.12. The Morgan fingerprint density at radius 3 is 2.66 bits per heavy atom. The van der Waals surface area contributed by atoms with E-state index >= 15 is 0 Å². The van der Waals surface area contributed by atoms with E-state index in [0.717, 1.165) is 4.90 Å². The number of hydrogen-bond acceptors (Lipinski definition) is 10. The molecule has 0 aliphatic carbocycles. The van der Waals surface area contributed by atoms with Gasteiger partial charge in [0.25, 0.3) is 11.8 Å².